The highest BCUT2D eigenvalue weighted by Gasteiger charge is 2.42. The number of cyclic esters (lactones) is 1. The second-order valence-electron chi connectivity index (χ2n) is 8.25. The predicted octanol–water partition coefficient (Wildman–Crippen LogP) is 5.56. The van der Waals surface area contributed by atoms with Gasteiger partial charge in [0.15, 0.2) is 0 Å². The molecule has 0 spiro atoms. The van der Waals surface area contributed by atoms with Crippen LogP contribution in [0.3, 0.4) is 0 Å². The van der Waals surface area contributed by atoms with Gasteiger partial charge in [-0.15, -0.1) is 0 Å². The Labute approximate surface area is 197 Å². The molecule has 0 N–H and O–H groups in total. The number of ether oxygens (including phenoxy) is 2. The fourth-order valence-corrected chi connectivity index (χ4v) is 4.49. The maximum absolute atomic E-state index is 13.1. The first-order chi connectivity index (χ1) is 16.0. The standard InChI is InChI=1S/C27H22ClNO4/c1-17-5-7-18(8-6-17)15-32-22-11-9-19(10-12-22)23-14-25(30)29(21-4-2-3-20(28)13-21)24-16-33-27(31)26(23)24/h2-13,23H,14-16H2,1H3. The first kappa shape index (κ1) is 21.3. The van der Waals surface area contributed by atoms with Gasteiger partial charge in [-0.3, -0.25) is 9.69 Å². The van der Waals surface area contributed by atoms with Gasteiger partial charge < -0.3 is 9.47 Å². The molecule has 0 aromatic heterocycles. The molecule has 2 heterocycles. The molecule has 0 bridgehead atoms. The Hall–Kier alpha value is -3.57. The van der Waals surface area contributed by atoms with Crippen LogP contribution < -0.4 is 9.64 Å². The van der Waals surface area contributed by atoms with Crippen LogP contribution in [0, 0.1) is 6.92 Å². The van der Waals surface area contributed by atoms with Crippen LogP contribution in [0.15, 0.2) is 84.1 Å². The molecule has 0 aliphatic carbocycles. The number of amides is 1. The van der Waals surface area contributed by atoms with Crippen LogP contribution in [-0.4, -0.2) is 18.5 Å². The first-order valence-electron chi connectivity index (χ1n) is 10.8. The number of hydrogen-bond acceptors (Lipinski definition) is 4. The third kappa shape index (κ3) is 4.24. The number of esters is 1. The molecule has 0 radical (unpaired) electrons. The average molecular weight is 460 g/mol. The topological polar surface area (TPSA) is 55.8 Å². The van der Waals surface area contributed by atoms with Crippen LogP contribution in [0.1, 0.15) is 29.0 Å². The summed E-state index contributed by atoms with van der Waals surface area (Å²) in [5, 5.41) is 0.524. The van der Waals surface area contributed by atoms with E-state index in [4.69, 9.17) is 21.1 Å². The second-order valence-corrected chi connectivity index (χ2v) is 8.68. The molecule has 1 atom stereocenters. The van der Waals surface area contributed by atoms with Gasteiger partial charge in [-0.1, -0.05) is 59.6 Å². The fourth-order valence-electron chi connectivity index (χ4n) is 4.30. The molecule has 3 aromatic rings. The van der Waals surface area contributed by atoms with Crippen molar-refractivity contribution in [1.82, 2.24) is 0 Å². The summed E-state index contributed by atoms with van der Waals surface area (Å²) >= 11 is 6.13. The van der Waals surface area contributed by atoms with Crippen molar-refractivity contribution in [2.24, 2.45) is 0 Å². The zero-order valence-electron chi connectivity index (χ0n) is 18.1. The lowest BCUT2D eigenvalue weighted by atomic mass is 9.84. The number of nitrogens with zero attached hydrogens (tertiary/aromatic N) is 1. The monoisotopic (exact) mass is 459 g/mol. The Morgan fingerprint density at radius 1 is 1.03 bits per heavy atom. The largest absolute Gasteiger partial charge is 0.489 e. The third-order valence-corrected chi connectivity index (χ3v) is 6.23. The van der Waals surface area contributed by atoms with Crippen molar-refractivity contribution in [1.29, 1.82) is 0 Å². The van der Waals surface area contributed by atoms with E-state index < -0.39 is 0 Å². The lowest BCUT2D eigenvalue weighted by Crippen LogP contribution is -2.37. The van der Waals surface area contributed by atoms with Gasteiger partial charge in [0.2, 0.25) is 5.91 Å². The van der Waals surface area contributed by atoms with Crippen LogP contribution in [0.4, 0.5) is 5.69 Å². The SMILES string of the molecule is Cc1ccc(COc2ccc(C3CC(=O)N(c4cccc(Cl)c4)C4=C3C(=O)OC4)cc2)cc1. The van der Waals surface area contributed by atoms with E-state index in [0.29, 0.717) is 28.6 Å². The quantitative estimate of drug-likeness (QED) is 0.469. The van der Waals surface area contributed by atoms with Gasteiger partial charge in [0.05, 0.1) is 17.0 Å². The highest BCUT2D eigenvalue weighted by molar-refractivity contribution is 6.31. The van der Waals surface area contributed by atoms with Crippen molar-refractivity contribution in [2.45, 2.75) is 25.9 Å². The van der Waals surface area contributed by atoms with Gasteiger partial charge in [-0.25, -0.2) is 4.79 Å². The molecule has 3 aromatic carbocycles. The maximum Gasteiger partial charge on any atom is 0.336 e. The number of hydrogen-bond donors (Lipinski definition) is 0. The Balaban J connectivity index is 1.39. The summed E-state index contributed by atoms with van der Waals surface area (Å²) in [4.78, 5) is 27.3. The van der Waals surface area contributed by atoms with E-state index in [2.05, 4.69) is 19.1 Å². The van der Waals surface area contributed by atoms with Gasteiger partial charge in [0, 0.05) is 17.4 Å². The molecular weight excluding hydrogens is 438 g/mol. The lowest BCUT2D eigenvalue weighted by Gasteiger charge is -2.32. The van der Waals surface area contributed by atoms with Crippen molar-refractivity contribution in [3.8, 4) is 5.75 Å². The Kier molecular flexibility index (Phi) is 5.65. The minimum absolute atomic E-state index is 0.0701. The summed E-state index contributed by atoms with van der Waals surface area (Å²) in [5.41, 5.74) is 4.93. The van der Waals surface area contributed by atoms with Crippen molar-refractivity contribution >= 4 is 29.2 Å². The molecule has 166 valence electrons. The van der Waals surface area contributed by atoms with E-state index >= 15 is 0 Å². The molecular formula is C27H22ClNO4. The minimum Gasteiger partial charge on any atom is -0.489 e. The van der Waals surface area contributed by atoms with E-state index in [-0.39, 0.29) is 30.8 Å². The van der Waals surface area contributed by atoms with Crippen LogP contribution in [0.25, 0.3) is 0 Å². The molecule has 1 amide bonds. The zero-order valence-corrected chi connectivity index (χ0v) is 18.8. The number of benzene rings is 3. The second kappa shape index (κ2) is 8.75. The van der Waals surface area contributed by atoms with Crippen molar-refractivity contribution < 1.29 is 19.1 Å². The molecule has 2 aliphatic rings. The smallest absolute Gasteiger partial charge is 0.336 e. The Morgan fingerprint density at radius 3 is 2.52 bits per heavy atom. The molecule has 33 heavy (non-hydrogen) atoms. The Bertz CT molecular complexity index is 1250. The van der Waals surface area contributed by atoms with Crippen LogP contribution in [0.5, 0.6) is 5.75 Å². The zero-order chi connectivity index (χ0) is 22.9. The molecule has 5 rings (SSSR count). The predicted molar refractivity (Wildman–Crippen MR) is 126 cm³/mol. The van der Waals surface area contributed by atoms with Crippen LogP contribution in [-0.2, 0) is 20.9 Å². The van der Waals surface area contributed by atoms with E-state index in [1.807, 2.05) is 36.4 Å². The highest BCUT2D eigenvalue weighted by atomic mass is 35.5. The highest BCUT2D eigenvalue weighted by Crippen LogP contribution is 2.42. The molecule has 1 unspecified atom stereocenters. The fraction of sp³-hybridized carbons (Fsp3) is 0.185. The van der Waals surface area contributed by atoms with Gasteiger partial charge in [-0.2, -0.15) is 0 Å². The number of anilines is 1. The number of rotatable bonds is 5. The normalized spacial score (nSPS) is 17.8. The minimum atomic E-state index is -0.380. The van der Waals surface area contributed by atoms with Gasteiger partial charge in [0.25, 0.3) is 0 Å². The summed E-state index contributed by atoms with van der Waals surface area (Å²) in [6.45, 7) is 2.59. The van der Waals surface area contributed by atoms with Crippen LogP contribution >= 0.6 is 11.6 Å². The number of aryl methyl sites for hydroxylation is 1. The number of carbonyl (C=O) groups is 2. The summed E-state index contributed by atoms with van der Waals surface area (Å²) in [5.74, 6) is -0.109. The molecule has 0 saturated heterocycles. The lowest BCUT2D eigenvalue weighted by molar-refractivity contribution is -0.136. The van der Waals surface area contributed by atoms with E-state index in [1.54, 1.807) is 29.2 Å². The summed E-state index contributed by atoms with van der Waals surface area (Å²) < 4.78 is 11.2. The molecule has 2 aliphatic heterocycles. The first-order valence-corrected chi connectivity index (χ1v) is 11.1. The average Bonchev–Trinajstić information content (AvgIpc) is 3.20. The Morgan fingerprint density at radius 2 is 1.79 bits per heavy atom. The van der Waals surface area contributed by atoms with Crippen molar-refractivity contribution in [3.63, 3.8) is 0 Å². The van der Waals surface area contributed by atoms with E-state index in [0.717, 1.165) is 16.9 Å². The summed E-state index contributed by atoms with van der Waals surface area (Å²) in [6.07, 6.45) is 0.171. The van der Waals surface area contributed by atoms with Gasteiger partial charge in [-0.05, 0) is 48.4 Å². The molecule has 0 saturated carbocycles. The van der Waals surface area contributed by atoms with Crippen molar-refractivity contribution in [2.75, 3.05) is 11.5 Å². The van der Waals surface area contributed by atoms with Gasteiger partial charge >= 0.3 is 5.97 Å². The van der Waals surface area contributed by atoms with Gasteiger partial charge in [0.1, 0.15) is 19.0 Å². The maximum atomic E-state index is 13.1. The molecule has 0 fully saturated rings. The number of halogens is 1. The van der Waals surface area contributed by atoms with Crippen molar-refractivity contribution in [3.05, 3.63) is 106 Å². The third-order valence-electron chi connectivity index (χ3n) is 5.99. The molecule has 6 heteroatoms. The van der Waals surface area contributed by atoms with Crippen LogP contribution in [0.2, 0.25) is 5.02 Å². The molecule has 5 nitrogen and oxygen atoms in total. The van der Waals surface area contributed by atoms with E-state index in [1.165, 1.54) is 5.56 Å². The summed E-state index contributed by atoms with van der Waals surface area (Å²) in [6, 6.07) is 22.8. The van der Waals surface area contributed by atoms with E-state index in [9.17, 15) is 9.59 Å². The summed E-state index contributed by atoms with van der Waals surface area (Å²) in [7, 11) is 0. The number of carbonyl (C=O) groups excluding carboxylic acids is 2.